The lowest BCUT2D eigenvalue weighted by Gasteiger charge is -2.25. The molecule has 0 radical (unpaired) electrons. The van der Waals surface area contributed by atoms with Crippen LogP contribution in [0.1, 0.15) is 38.5 Å². The van der Waals surface area contributed by atoms with E-state index in [4.69, 9.17) is 4.98 Å². The predicted octanol–water partition coefficient (Wildman–Crippen LogP) is 4.54. The summed E-state index contributed by atoms with van der Waals surface area (Å²) in [5.74, 6) is 0.365. The summed E-state index contributed by atoms with van der Waals surface area (Å²) in [5, 5.41) is 6.29. The van der Waals surface area contributed by atoms with E-state index in [1.807, 2.05) is 18.2 Å². The first-order chi connectivity index (χ1) is 11.8. The van der Waals surface area contributed by atoms with E-state index in [1.54, 1.807) is 11.3 Å². The highest BCUT2D eigenvalue weighted by molar-refractivity contribution is 7.14. The van der Waals surface area contributed by atoms with E-state index >= 15 is 0 Å². The van der Waals surface area contributed by atoms with E-state index in [0.717, 1.165) is 48.0 Å². The average Bonchev–Trinajstić information content (AvgIpc) is 3.04. The number of carbonyl (C=O) groups is 1. The van der Waals surface area contributed by atoms with Crippen molar-refractivity contribution in [2.75, 3.05) is 23.3 Å². The van der Waals surface area contributed by atoms with Crippen molar-refractivity contribution in [3.8, 4) is 11.3 Å². The molecule has 0 unspecified atom stereocenters. The molecule has 5 heteroatoms. The summed E-state index contributed by atoms with van der Waals surface area (Å²) in [6.07, 6.45) is 7.08. The fourth-order valence-electron chi connectivity index (χ4n) is 3.30. The Hall–Kier alpha value is -1.88. The van der Waals surface area contributed by atoms with Gasteiger partial charge >= 0.3 is 0 Å². The van der Waals surface area contributed by atoms with Crippen LogP contribution in [-0.4, -0.2) is 24.0 Å². The zero-order valence-electron chi connectivity index (χ0n) is 13.8. The molecule has 2 aromatic rings. The molecule has 1 aromatic carbocycles. The molecule has 2 fully saturated rings. The van der Waals surface area contributed by atoms with E-state index in [0.29, 0.717) is 0 Å². The fourth-order valence-corrected chi connectivity index (χ4v) is 4.19. The number of nitrogens with zero attached hydrogens (tertiary/aromatic N) is 2. The summed E-state index contributed by atoms with van der Waals surface area (Å²) in [6, 6.07) is 8.04. The molecule has 2 heterocycles. The van der Waals surface area contributed by atoms with Gasteiger partial charge in [-0.2, -0.15) is 0 Å². The molecule has 0 atom stereocenters. The summed E-state index contributed by atoms with van der Waals surface area (Å²) < 4.78 is 0. The highest BCUT2D eigenvalue weighted by atomic mass is 32.1. The number of anilines is 2. The number of piperidine rings is 1. The molecule has 1 aliphatic heterocycles. The third kappa shape index (κ3) is 3.31. The maximum Gasteiger partial charge on any atom is 0.227 e. The molecule has 1 amide bonds. The van der Waals surface area contributed by atoms with E-state index in [2.05, 4.69) is 21.7 Å². The van der Waals surface area contributed by atoms with Crippen molar-refractivity contribution < 1.29 is 4.79 Å². The smallest absolute Gasteiger partial charge is 0.227 e. The molecule has 4 nitrogen and oxygen atoms in total. The molecule has 126 valence electrons. The monoisotopic (exact) mass is 341 g/mol. The molecule has 1 saturated heterocycles. The zero-order valence-corrected chi connectivity index (χ0v) is 14.6. The normalized spacial score (nSPS) is 18.2. The fraction of sp³-hybridized carbons (Fsp3) is 0.474. The highest BCUT2D eigenvalue weighted by Crippen LogP contribution is 2.31. The maximum absolute atomic E-state index is 12.1. The number of hydrogen-bond acceptors (Lipinski definition) is 4. The van der Waals surface area contributed by atoms with Gasteiger partial charge in [0.2, 0.25) is 5.91 Å². The van der Waals surface area contributed by atoms with Crippen molar-refractivity contribution in [3.05, 3.63) is 29.6 Å². The molecule has 1 N–H and O–H groups in total. The van der Waals surface area contributed by atoms with Crippen molar-refractivity contribution in [3.63, 3.8) is 0 Å². The molecular formula is C19H23N3OS. The lowest BCUT2D eigenvalue weighted by molar-refractivity contribution is -0.122. The van der Waals surface area contributed by atoms with E-state index in [-0.39, 0.29) is 11.8 Å². The van der Waals surface area contributed by atoms with Gasteiger partial charge in [-0.1, -0.05) is 18.6 Å². The first-order valence-corrected chi connectivity index (χ1v) is 9.79. The van der Waals surface area contributed by atoms with Crippen LogP contribution in [0.5, 0.6) is 0 Å². The topological polar surface area (TPSA) is 45.2 Å². The summed E-state index contributed by atoms with van der Waals surface area (Å²) in [5.41, 5.74) is 2.94. The van der Waals surface area contributed by atoms with Crippen molar-refractivity contribution in [2.24, 2.45) is 5.92 Å². The Bertz CT molecular complexity index is 717. The first kappa shape index (κ1) is 15.6. The Morgan fingerprint density at radius 2 is 2.00 bits per heavy atom. The van der Waals surface area contributed by atoms with Crippen molar-refractivity contribution in [1.82, 2.24) is 4.98 Å². The second-order valence-corrected chi connectivity index (χ2v) is 7.60. The molecule has 0 spiro atoms. The summed E-state index contributed by atoms with van der Waals surface area (Å²) in [7, 11) is 0. The number of amides is 1. The van der Waals surface area contributed by atoms with E-state index < -0.39 is 0 Å². The standard InChI is InChI=1S/C19H23N3OS/c23-18(14-6-4-7-14)20-16-9-5-8-15(12-16)17-13-24-19(21-17)22-10-2-1-3-11-22/h5,8-9,12-14H,1-4,6-7,10-11H2,(H,20,23). The number of carbonyl (C=O) groups excluding carboxylic acids is 1. The van der Waals surface area contributed by atoms with Gasteiger partial charge in [0.05, 0.1) is 5.69 Å². The highest BCUT2D eigenvalue weighted by Gasteiger charge is 2.25. The Labute approximate surface area is 146 Å². The van der Waals surface area contributed by atoms with Crippen LogP contribution in [0.25, 0.3) is 11.3 Å². The predicted molar refractivity (Wildman–Crippen MR) is 99.6 cm³/mol. The van der Waals surface area contributed by atoms with Gasteiger partial charge in [0.1, 0.15) is 0 Å². The molecule has 1 aliphatic carbocycles. The van der Waals surface area contributed by atoms with Gasteiger partial charge in [-0.15, -0.1) is 11.3 Å². The first-order valence-electron chi connectivity index (χ1n) is 8.91. The molecule has 1 aromatic heterocycles. The maximum atomic E-state index is 12.1. The lowest BCUT2D eigenvalue weighted by Crippen LogP contribution is -2.29. The Morgan fingerprint density at radius 1 is 1.17 bits per heavy atom. The van der Waals surface area contributed by atoms with Crippen molar-refractivity contribution >= 4 is 28.1 Å². The van der Waals surface area contributed by atoms with Crippen molar-refractivity contribution in [1.29, 1.82) is 0 Å². The molecule has 0 bridgehead atoms. The van der Waals surface area contributed by atoms with Gasteiger partial charge in [0.15, 0.2) is 5.13 Å². The number of benzene rings is 1. The van der Waals surface area contributed by atoms with Crippen molar-refractivity contribution in [2.45, 2.75) is 38.5 Å². The van der Waals surface area contributed by atoms with Crippen LogP contribution in [-0.2, 0) is 4.79 Å². The van der Waals surface area contributed by atoms with Gasteiger partial charge in [-0.3, -0.25) is 4.79 Å². The van der Waals surface area contributed by atoms with Crippen LogP contribution in [0, 0.1) is 5.92 Å². The SMILES string of the molecule is O=C(Nc1cccc(-c2csc(N3CCCCC3)n2)c1)C1CCC1. The quantitative estimate of drug-likeness (QED) is 0.888. The summed E-state index contributed by atoms with van der Waals surface area (Å²) in [4.78, 5) is 19.3. The number of rotatable bonds is 4. The summed E-state index contributed by atoms with van der Waals surface area (Å²) in [6.45, 7) is 2.23. The van der Waals surface area contributed by atoms with Crippen LogP contribution in [0.2, 0.25) is 0 Å². The third-order valence-corrected chi connectivity index (χ3v) is 5.92. The number of hydrogen-bond donors (Lipinski definition) is 1. The minimum absolute atomic E-state index is 0.158. The van der Waals surface area contributed by atoms with Gasteiger partial charge in [-0.05, 0) is 44.2 Å². The van der Waals surface area contributed by atoms with E-state index in [1.165, 1.54) is 25.7 Å². The third-order valence-electron chi connectivity index (χ3n) is 5.02. The van der Waals surface area contributed by atoms with Gasteiger partial charge in [0, 0.05) is 35.6 Å². The van der Waals surface area contributed by atoms with Crippen LogP contribution < -0.4 is 10.2 Å². The molecule has 1 saturated carbocycles. The Balaban J connectivity index is 1.48. The van der Waals surface area contributed by atoms with Gasteiger partial charge < -0.3 is 10.2 Å². The molecular weight excluding hydrogens is 318 g/mol. The Kier molecular flexibility index (Phi) is 4.52. The average molecular weight is 341 g/mol. The molecule has 24 heavy (non-hydrogen) atoms. The van der Waals surface area contributed by atoms with Gasteiger partial charge in [-0.25, -0.2) is 4.98 Å². The van der Waals surface area contributed by atoms with Crippen LogP contribution in [0.15, 0.2) is 29.6 Å². The molecule has 2 aliphatic rings. The number of thiazole rings is 1. The van der Waals surface area contributed by atoms with E-state index in [9.17, 15) is 4.79 Å². The minimum atomic E-state index is 0.158. The lowest BCUT2D eigenvalue weighted by atomic mass is 9.85. The largest absolute Gasteiger partial charge is 0.348 e. The zero-order chi connectivity index (χ0) is 16.4. The van der Waals surface area contributed by atoms with Gasteiger partial charge in [0.25, 0.3) is 0 Å². The number of aromatic nitrogens is 1. The number of nitrogens with one attached hydrogen (secondary N) is 1. The minimum Gasteiger partial charge on any atom is -0.348 e. The van der Waals surface area contributed by atoms with Crippen LogP contribution in [0.4, 0.5) is 10.8 Å². The second-order valence-electron chi connectivity index (χ2n) is 6.76. The summed E-state index contributed by atoms with van der Waals surface area (Å²) >= 11 is 1.72. The molecule has 4 rings (SSSR count). The van der Waals surface area contributed by atoms with Crippen LogP contribution in [0.3, 0.4) is 0 Å². The van der Waals surface area contributed by atoms with Crippen LogP contribution >= 0.6 is 11.3 Å². The second kappa shape index (κ2) is 6.93. The Morgan fingerprint density at radius 3 is 2.75 bits per heavy atom.